The molecule has 1 unspecified atom stereocenters. The summed E-state index contributed by atoms with van der Waals surface area (Å²) < 4.78 is 40.8. The highest BCUT2D eigenvalue weighted by atomic mass is 19.4. The average Bonchev–Trinajstić information content (AvgIpc) is 3.26. The highest BCUT2D eigenvalue weighted by Gasteiger charge is 2.37. The Balaban J connectivity index is 1.79. The van der Waals surface area contributed by atoms with Gasteiger partial charge in [0, 0.05) is 11.3 Å². The number of nitrogens with one attached hydrogen (secondary N) is 1. The van der Waals surface area contributed by atoms with Crippen molar-refractivity contribution < 1.29 is 23.1 Å². The van der Waals surface area contributed by atoms with Gasteiger partial charge in [0.25, 0.3) is 5.91 Å². The molecule has 1 atom stereocenters. The highest BCUT2D eigenvalue weighted by Crippen LogP contribution is 2.33. The van der Waals surface area contributed by atoms with Crippen molar-refractivity contribution in [2.24, 2.45) is 0 Å². The summed E-state index contributed by atoms with van der Waals surface area (Å²) in [6, 6.07) is 12.8. The first-order valence-corrected chi connectivity index (χ1v) is 9.65. The third-order valence-corrected chi connectivity index (χ3v) is 4.98. The zero-order chi connectivity index (χ0) is 24.2. The minimum atomic E-state index is -4.78. The van der Waals surface area contributed by atoms with Crippen LogP contribution in [0.15, 0.2) is 48.7 Å². The molecule has 0 aliphatic carbocycles. The van der Waals surface area contributed by atoms with E-state index in [1.165, 1.54) is 23.9 Å². The van der Waals surface area contributed by atoms with Gasteiger partial charge in [0.15, 0.2) is 5.60 Å². The molecule has 168 valence electrons. The maximum atomic E-state index is 13.2. The minimum Gasteiger partial charge on any atom is -0.378 e. The topological polar surface area (TPSA) is 128 Å². The van der Waals surface area contributed by atoms with Gasteiger partial charge in [-0.05, 0) is 36.8 Å². The molecule has 3 aromatic rings. The van der Waals surface area contributed by atoms with Crippen molar-refractivity contribution in [1.29, 1.82) is 10.5 Å². The molecule has 1 heterocycles. The standard InChI is InChI=1S/C22H17F3N6O2/c1-2-21(33,13-31-12-19(29-30-31)15-5-3-14(10-26)4-6-15)20(32)28-17-8-7-16(11-27)18(9-17)22(23,24)25/h3-9,12,33H,2,13H2,1H3,(H,28,32). The molecule has 0 bridgehead atoms. The summed E-state index contributed by atoms with van der Waals surface area (Å²) in [5.41, 5.74) is -2.39. The first kappa shape index (κ1) is 23.4. The maximum absolute atomic E-state index is 13.2. The summed E-state index contributed by atoms with van der Waals surface area (Å²) in [4.78, 5) is 12.7. The molecule has 2 aromatic carbocycles. The van der Waals surface area contributed by atoms with E-state index in [2.05, 4.69) is 15.6 Å². The van der Waals surface area contributed by atoms with Crippen LogP contribution in [0, 0.1) is 22.7 Å². The second kappa shape index (κ2) is 9.10. The van der Waals surface area contributed by atoms with Crippen molar-refractivity contribution in [3.05, 3.63) is 65.4 Å². The quantitative estimate of drug-likeness (QED) is 0.587. The lowest BCUT2D eigenvalue weighted by Gasteiger charge is -2.25. The van der Waals surface area contributed by atoms with E-state index in [-0.39, 0.29) is 18.7 Å². The Kier molecular flexibility index (Phi) is 6.47. The Bertz CT molecular complexity index is 1250. The lowest BCUT2D eigenvalue weighted by molar-refractivity contribution is -0.138. The van der Waals surface area contributed by atoms with Crippen LogP contribution in [0.1, 0.15) is 30.0 Å². The number of amides is 1. The fraction of sp³-hybridized carbons (Fsp3) is 0.227. The molecule has 0 aliphatic rings. The molecule has 1 amide bonds. The predicted octanol–water partition coefficient (Wildman–Crippen LogP) is 3.49. The average molecular weight is 454 g/mol. The van der Waals surface area contributed by atoms with E-state index in [1.54, 1.807) is 24.3 Å². The van der Waals surface area contributed by atoms with Gasteiger partial charge in [-0.2, -0.15) is 23.7 Å². The predicted molar refractivity (Wildman–Crippen MR) is 110 cm³/mol. The minimum absolute atomic E-state index is 0.0622. The number of nitriles is 2. The molecule has 11 heteroatoms. The molecular weight excluding hydrogens is 437 g/mol. The summed E-state index contributed by atoms with van der Waals surface area (Å²) >= 11 is 0. The molecule has 0 saturated carbocycles. The van der Waals surface area contributed by atoms with Crippen LogP contribution >= 0.6 is 0 Å². The molecule has 0 radical (unpaired) electrons. The van der Waals surface area contributed by atoms with Crippen LogP contribution < -0.4 is 5.32 Å². The molecule has 3 rings (SSSR count). The van der Waals surface area contributed by atoms with Gasteiger partial charge in [0.1, 0.15) is 5.69 Å². The number of nitrogens with zero attached hydrogens (tertiary/aromatic N) is 5. The van der Waals surface area contributed by atoms with E-state index in [0.29, 0.717) is 22.9 Å². The van der Waals surface area contributed by atoms with Crippen LogP contribution in [0.3, 0.4) is 0 Å². The van der Waals surface area contributed by atoms with E-state index >= 15 is 0 Å². The maximum Gasteiger partial charge on any atom is 0.417 e. The van der Waals surface area contributed by atoms with Crippen molar-refractivity contribution in [3.63, 3.8) is 0 Å². The van der Waals surface area contributed by atoms with E-state index in [9.17, 15) is 23.1 Å². The number of hydrogen-bond acceptors (Lipinski definition) is 6. The van der Waals surface area contributed by atoms with Gasteiger partial charge in [0.2, 0.25) is 0 Å². The molecule has 2 N–H and O–H groups in total. The summed E-state index contributed by atoms with van der Waals surface area (Å²) in [6.07, 6.45) is -3.35. The Hall–Kier alpha value is -4.22. The second-order valence-corrected chi connectivity index (χ2v) is 7.20. The number of alkyl halides is 3. The summed E-state index contributed by atoms with van der Waals surface area (Å²) in [5.74, 6) is -0.932. The number of aliphatic hydroxyl groups is 1. The van der Waals surface area contributed by atoms with Gasteiger partial charge >= 0.3 is 6.18 Å². The number of anilines is 1. The summed E-state index contributed by atoms with van der Waals surface area (Å²) in [5, 5.41) is 38.8. The summed E-state index contributed by atoms with van der Waals surface area (Å²) in [6.45, 7) is 1.24. The Morgan fingerprint density at radius 1 is 1.15 bits per heavy atom. The smallest absolute Gasteiger partial charge is 0.378 e. The Morgan fingerprint density at radius 2 is 1.85 bits per heavy atom. The van der Waals surface area contributed by atoms with Crippen molar-refractivity contribution >= 4 is 11.6 Å². The van der Waals surface area contributed by atoms with Crippen LogP contribution in [0.25, 0.3) is 11.3 Å². The van der Waals surface area contributed by atoms with E-state index in [1.807, 2.05) is 6.07 Å². The number of carbonyl (C=O) groups is 1. The lowest BCUT2D eigenvalue weighted by Crippen LogP contribution is -2.46. The third-order valence-electron chi connectivity index (χ3n) is 4.98. The first-order valence-electron chi connectivity index (χ1n) is 9.65. The lowest BCUT2D eigenvalue weighted by atomic mass is 9.99. The van der Waals surface area contributed by atoms with E-state index in [4.69, 9.17) is 10.5 Å². The van der Waals surface area contributed by atoms with Gasteiger partial charge < -0.3 is 10.4 Å². The van der Waals surface area contributed by atoms with Crippen molar-refractivity contribution in [3.8, 4) is 23.4 Å². The monoisotopic (exact) mass is 454 g/mol. The van der Waals surface area contributed by atoms with Gasteiger partial charge in [-0.1, -0.05) is 24.3 Å². The second-order valence-electron chi connectivity index (χ2n) is 7.20. The van der Waals surface area contributed by atoms with Crippen LogP contribution in [0.4, 0.5) is 18.9 Å². The number of halogens is 3. The molecule has 0 fully saturated rings. The Labute approximate surface area is 186 Å². The van der Waals surface area contributed by atoms with E-state index in [0.717, 1.165) is 12.1 Å². The van der Waals surface area contributed by atoms with Gasteiger partial charge in [-0.25, -0.2) is 4.68 Å². The molecule has 0 spiro atoms. The van der Waals surface area contributed by atoms with Crippen LogP contribution in [-0.4, -0.2) is 31.6 Å². The van der Waals surface area contributed by atoms with E-state index < -0.39 is 28.8 Å². The number of rotatable bonds is 6. The van der Waals surface area contributed by atoms with Gasteiger partial charge in [-0.3, -0.25) is 4.79 Å². The molecule has 8 nitrogen and oxygen atoms in total. The van der Waals surface area contributed by atoms with Crippen LogP contribution in [-0.2, 0) is 17.5 Å². The van der Waals surface area contributed by atoms with Crippen molar-refractivity contribution in [2.45, 2.75) is 31.7 Å². The van der Waals surface area contributed by atoms with Crippen LogP contribution in [0.2, 0.25) is 0 Å². The number of carbonyl (C=O) groups excluding carboxylic acids is 1. The largest absolute Gasteiger partial charge is 0.417 e. The van der Waals surface area contributed by atoms with Crippen molar-refractivity contribution in [1.82, 2.24) is 15.0 Å². The molecule has 0 aliphatic heterocycles. The number of aromatic nitrogens is 3. The van der Waals surface area contributed by atoms with Gasteiger partial charge in [-0.15, -0.1) is 5.10 Å². The SMILES string of the molecule is CCC(O)(Cn1cc(-c2ccc(C#N)cc2)nn1)C(=O)Nc1ccc(C#N)c(C(F)(F)F)c1. The highest BCUT2D eigenvalue weighted by molar-refractivity contribution is 5.97. The molecule has 33 heavy (non-hydrogen) atoms. The molecular formula is C22H17F3N6O2. The zero-order valence-corrected chi connectivity index (χ0v) is 17.3. The fourth-order valence-corrected chi connectivity index (χ4v) is 3.04. The molecule has 1 aromatic heterocycles. The zero-order valence-electron chi connectivity index (χ0n) is 17.3. The summed E-state index contributed by atoms with van der Waals surface area (Å²) in [7, 11) is 0. The van der Waals surface area contributed by atoms with Crippen LogP contribution in [0.5, 0.6) is 0 Å². The first-order chi connectivity index (χ1) is 15.6. The van der Waals surface area contributed by atoms with Crippen molar-refractivity contribution in [2.75, 3.05) is 5.32 Å². The fourth-order valence-electron chi connectivity index (χ4n) is 3.04. The van der Waals surface area contributed by atoms with Gasteiger partial charge in [0.05, 0.1) is 41.6 Å². The molecule has 0 saturated heterocycles. The normalized spacial score (nSPS) is 12.9. The third kappa shape index (κ3) is 5.17. The Morgan fingerprint density at radius 3 is 2.42 bits per heavy atom. The number of benzene rings is 2. The number of hydrogen-bond donors (Lipinski definition) is 2.